The third kappa shape index (κ3) is 4.65. The van der Waals surface area contributed by atoms with Crippen molar-refractivity contribution in [2.45, 2.75) is 66.8 Å². The molecule has 0 saturated carbocycles. The van der Waals surface area contributed by atoms with Crippen LogP contribution in [0.25, 0.3) is 41.0 Å². The van der Waals surface area contributed by atoms with Crippen molar-refractivity contribution in [2.24, 2.45) is 17.8 Å². The second-order valence-corrected chi connectivity index (χ2v) is 11.8. The number of carbonyl (C=O) groups excluding carboxylic acids is 1. The monoisotopic (exact) mass is 586 g/mol. The maximum absolute atomic E-state index is 13.2. The van der Waals surface area contributed by atoms with Gasteiger partial charge in [-0.25, -0.2) is 0 Å². The zero-order valence-corrected chi connectivity index (χ0v) is 27.6. The van der Waals surface area contributed by atoms with Crippen LogP contribution in [0.5, 0.6) is 0 Å². The molecule has 4 atom stereocenters. The molecule has 1 unspecified atom stereocenters. The summed E-state index contributed by atoms with van der Waals surface area (Å²) in [6, 6.07) is -0.328. The van der Waals surface area contributed by atoms with Crippen LogP contribution >= 0.6 is 0 Å². The molecule has 1 fully saturated rings. The van der Waals surface area contributed by atoms with Crippen LogP contribution < -0.4 is 36.2 Å². The normalized spacial score (nSPS) is 24.7. The first-order valence-electron chi connectivity index (χ1n) is 14.9. The van der Waals surface area contributed by atoms with Crippen LogP contribution in [0.15, 0.2) is 12.3 Å². The summed E-state index contributed by atoms with van der Waals surface area (Å²) in [4.78, 5) is 28.4. The van der Waals surface area contributed by atoms with Gasteiger partial charge >= 0.3 is 29.0 Å². The van der Waals surface area contributed by atoms with E-state index in [0.29, 0.717) is 10.6 Å². The summed E-state index contributed by atoms with van der Waals surface area (Å²) in [5.74, 6) is -1.17. The van der Waals surface area contributed by atoms with E-state index in [2.05, 4.69) is 53.3 Å². The molecule has 2 aliphatic heterocycles. The summed E-state index contributed by atoms with van der Waals surface area (Å²) in [5.41, 5.74) is 9.22. The first kappa shape index (κ1) is 31.1. The Hall–Kier alpha value is -3.36. The molecule has 43 heavy (non-hydrogen) atoms. The molecule has 1 N–H and O–H groups in total. The Labute approximate surface area is 268 Å². The van der Waals surface area contributed by atoms with Gasteiger partial charge in [0.05, 0.1) is 7.11 Å². The molecule has 1 aliphatic carbocycles. The van der Waals surface area contributed by atoms with Gasteiger partial charge in [0.25, 0.3) is 0 Å². The van der Waals surface area contributed by atoms with E-state index in [0.717, 1.165) is 86.1 Å². The van der Waals surface area contributed by atoms with Crippen molar-refractivity contribution in [3.05, 3.63) is 83.8 Å². The molecule has 8 heteroatoms. The minimum atomic E-state index is -0.928. The van der Waals surface area contributed by atoms with Crippen LogP contribution in [-0.4, -0.2) is 47.3 Å². The van der Waals surface area contributed by atoms with E-state index in [-0.39, 0.29) is 46.7 Å². The topological polar surface area (TPSA) is 103 Å². The number of aromatic nitrogens is 3. The number of aliphatic hydroxyl groups is 1. The second kappa shape index (κ2) is 11.6. The summed E-state index contributed by atoms with van der Waals surface area (Å²) in [5, 5.41) is 19.9. The molecule has 0 aromatic carbocycles. The number of hydrogen-bond donors (Lipinski definition) is 1. The van der Waals surface area contributed by atoms with Gasteiger partial charge in [-0.2, -0.15) is 5.70 Å². The van der Waals surface area contributed by atoms with Crippen molar-refractivity contribution in [1.29, 1.82) is 0 Å². The molecule has 3 aromatic heterocycles. The van der Waals surface area contributed by atoms with Crippen molar-refractivity contribution >= 4 is 64.7 Å². The molecule has 5 heterocycles. The molecule has 3 aliphatic rings. The number of ether oxygens (including phenoxy) is 1. The van der Waals surface area contributed by atoms with Gasteiger partial charge in [-0.3, -0.25) is 4.79 Å². The predicted octanol–water partition coefficient (Wildman–Crippen LogP) is 2.75. The first-order chi connectivity index (χ1) is 20.1. The summed E-state index contributed by atoms with van der Waals surface area (Å²) in [6.45, 7) is 16.7. The van der Waals surface area contributed by atoms with Crippen molar-refractivity contribution in [3.63, 3.8) is 0 Å². The number of aliphatic hydroxyl groups excluding tert-OH is 1. The predicted molar refractivity (Wildman–Crippen MR) is 172 cm³/mol. The number of nitrogens with zero attached hydrogens (tertiary/aromatic N) is 4. The molecule has 1 saturated heterocycles. The zero-order chi connectivity index (χ0) is 30.0. The molecular weight excluding hydrogens is 549 g/mol. The number of methoxy groups -OCH3 is 1. The van der Waals surface area contributed by atoms with Crippen molar-refractivity contribution < 1.29 is 14.6 Å². The fraction of sp³-hybridized carbons (Fsp3) is 0.400. The van der Waals surface area contributed by atoms with Crippen molar-refractivity contribution in [1.82, 2.24) is 15.0 Å². The third-order valence-electron chi connectivity index (χ3n) is 9.60. The minimum Gasteiger partial charge on any atom is -0.681 e. The average Bonchev–Trinajstić information content (AvgIpc) is 3.70. The summed E-state index contributed by atoms with van der Waals surface area (Å²) in [7, 11) is 1.36. The van der Waals surface area contributed by atoms with Crippen LogP contribution in [0.3, 0.4) is 0 Å². The van der Waals surface area contributed by atoms with E-state index in [1.54, 1.807) is 0 Å². The maximum atomic E-state index is 13.2. The smallest absolute Gasteiger partial charge is 0.681 e. The fourth-order valence-corrected chi connectivity index (χ4v) is 7.25. The molecule has 0 radical (unpaired) electrons. The fourth-order valence-electron chi connectivity index (χ4n) is 7.25. The molecule has 8 bridgehead atoms. The number of hydrogen-bond acceptors (Lipinski definition) is 3. The van der Waals surface area contributed by atoms with Gasteiger partial charge in [0.15, 0.2) is 0 Å². The molecule has 3 aromatic rings. The van der Waals surface area contributed by atoms with Gasteiger partial charge in [0, 0.05) is 5.22 Å². The Morgan fingerprint density at radius 1 is 1.00 bits per heavy atom. The van der Waals surface area contributed by atoms with Gasteiger partial charge in [0.2, 0.25) is 0 Å². The van der Waals surface area contributed by atoms with Crippen molar-refractivity contribution in [2.75, 3.05) is 7.11 Å². The van der Waals surface area contributed by atoms with Gasteiger partial charge in [-0.05, 0) is 44.6 Å². The number of esters is 1. The molecule has 0 spiro atoms. The van der Waals surface area contributed by atoms with E-state index < -0.39 is 11.9 Å². The summed E-state index contributed by atoms with van der Waals surface area (Å²) < 4.78 is 5.22. The largest absolute Gasteiger partial charge is 2.00 e. The van der Waals surface area contributed by atoms with E-state index >= 15 is 0 Å². The summed E-state index contributed by atoms with van der Waals surface area (Å²) >= 11 is 0. The molecule has 6 rings (SSSR count). The minimum absolute atomic E-state index is 0. The Kier molecular flexibility index (Phi) is 8.39. The number of fused-ring (bicyclic) bond motifs is 8. The van der Waals surface area contributed by atoms with Crippen LogP contribution in [-0.2, 0) is 16.0 Å². The van der Waals surface area contributed by atoms with E-state index in [1.807, 2.05) is 19.1 Å². The molecule has 0 amide bonds. The third-order valence-corrected chi connectivity index (χ3v) is 9.60. The quantitative estimate of drug-likeness (QED) is 0.364. The van der Waals surface area contributed by atoms with Crippen LogP contribution in [0, 0.1) is 38.5 Å². The zero-order valence-electron chi connectivity index (χ0n) is 26.2. The molecule has 220 valence electrons. The van der Waals surface area contributed by atoms with Crippen molar-refractivity contribution in [3.8, 4) is 0 Å². The van der Waals surface area contributed by atoms with Crippen LogP contribution in [0.4, 0.5) is 0 Å². The van der Waals surface area contributed by atoms with E-state index in [9.17, 15) is 9.90 Å². The molecule has 7 nitrogen and oxygen atoms in total. The second-order valence-electron chi connectivity index (χ2n) is 11.8. The SMILES string of the molecule is C=Cc1c2[n-]c(c1C)/C=C1\[N-]C(C3=c4[n-]c(c(C)c4=C(O)[C@@H]3C(=O)OC)/C=c3\[n-]/c(c(C)c3CC)=C\2)[C@@H](CCC)[C@@H]1C.[Mg+2]. The van der Waals surface area contributed by atoms with Crippen LogP contribution in [0.2, 0.25) is 0 Å². The Morgan fingerprint density at radius 3 is 2.35 bits per heavy atom. The Morgan fingerprint density at radius 2 is 1.70 bits per heavy atom. The number of carbonyl (C=O) groups is 1. The number of allylic oxidation sites excluding steroid dienone is 1. The Bertz CT molecular complexity index is 1920. The van der Waals surface area contributed by atoms with Gasteiger partial charge < -0.3 is 30.1 Å². The Balaban J connectivity index is 0.00000368. The van der Waals surface area contributed by atoms with Gasteiger partial charge in [-0.1, -0.05) is 98.4 Å². The average molecular weight is 587 g/mol. The maximum Gasteiger partial charge on any atom is 2.00 e. The standard InChI is InChI=1S/C35H38N4O3.Mg/c1-9-12-22-18(6)25-13-23-16(4)20(10-2)27(36-23)14-24-17(5)21(11-3)28(37-24)15-26-19(7)29-33(39-26)30(32(22)38-25)31(34(29)40)35(41)42-8;/h10,13-15,18,22,31-32,40H,2,9,11-12H2,1,3-8H3;/q-4;+2/b24-14-,25-13-,28-15-;/t18-,22-,31+,32?;/m0./s1. The summed E-state index contributed by atoms with van der Waals surface area (Å²) in [6.07, 6.45) is 10.7. The van der Waals surface area contributed by atoms with Gasteiger partial charge in [-0.15, -0.1) is 33.1 Å². The van der Waals surface area contributed by atoms with E-state index in [4.69, 9.17) is 25.0 Å². The van der Waals surface area contributed by atoms with E-state index in [1.165, 1.54) is 7.11 Å². The first-order valence-corrected chi connectivity index (χ1v) is 14.9. The number of rotatable bonds is 5. The van der Waals surface area contributed by atoms with Crippen LogP contribution in [0.1, 0.15) is 78.5 Å². The van der Waals surface area contributed by atoms with Gasteiger partial charge in [0.1, 0.15) is 11.7 Å². The molecular formula is C35H38MgN4O3-2.